The Hall–Kier alpha value is -1.77. The number of carbonyl (C=O) groups excluding carboxylic acids is 1. The van der Waals surface area contributed by atoms with E-state index in [1.807, 2.05) is 49.9 Å². The van der Waals surface area contributed by atoms with Gasteiger partial charge in [-0.05, 0) is 32.9 Å². The quantitative estimate of drug-likeness (QED) is 0.760. The third-order valence-corrected chi connectivity index (χ3v) is 2.72. The molecule has 3 nitrogen and oxygen atoms in total. The number of hydrogen-bond acceptors (Lipinski definition) is 2. The maximum absolute atomic E-state index is 11.6. The lowest BCUT2D eigenvalue weighted by Crippen LogP contribution is -2.06. The van der Waals surface area contributed by atoms with Crippen molar-refractivity contribution in [1.29, 1.82) is 0 Å². The predicted octanol–water partition coefficient (Wildman–Crippen LogP) is 3.17. The Bertz CT molecular complexity index is 567. The van der Waals surface area contributed by atoms with Crippen LogP contribution in [-0.4, -0.2) is 16.5 Å². The van der Waals surface area contributed by atoms with E-state index in [9.17, 15) is 4.79 Å². The number of carbonyl (C=O) groups is 1. The molecule has 3 heteroatoms. The van der Waals surface area contributed by atoms with Gasteiger partial charge in [0, 0.05) is 18.8 Å². The molecule has 0 saturated carbocycles. The summed E-state index contributed by atoms with van der Waals surface area (Å²) in [5, 5.41) is 0.913. The van der Waals surface area contributed by atoms with Crippen LogP contribution in [0.15, 0.2) is 24.4 Å². The van der Waals surface area contributed by atoms with Gasteiger partial charge in [0.1, 0.15) is 5.75 Å². The Labute approximate surface area is 101 Å². The van der Waals surface area contributed by atoms with E-state index >= 15 is 0 Å². The van der Waals surface area contributed by atoms with Crippen molar-refractivity contribution in [1.82, 2.24) is 4.57 Å². The lowest BCUT2D eigenvalue weighted by molar-refractivity contribution is 0.101. The third-order valence-electron chi connectivity index (χ3n) is 2.72. The predicted molar refractivity (Wildman–Crippen MR) is 68.7 cm³/mol. The molecule has 0 bridgehead atoms. The molecule has 0 amide bonds. The molecule has 0 aliphatic carbocycles. The van der Waals surface area contributed by atoms with Gasteiger partial charge in [0.05, 0.1) is 17.0 Å². The molecule has 0 radical (unpaired) electrons. The Balaban J connectivity index is 2.72. The van der Waals surface area contributed by atoms with Crippen LogP contribution in [0, 0.1) is 0 Å². The number of ketones is 1. The fourth-order valence-electron chi connectivity index (χ4n) is 2.03. The molecule has 1 aromatic heterocycles. The van der Waals surface area contributed by atoms with Crippen molar-refractivity contribution < 1.29 is 9.53 Å². The Morgan fingerprint density at radius 3 is 2.65 bits per heavy atom. The highest BCUT2D eigenvalue weighted by atomic mass is 16.5. The molecule has 1 heterocycles. The molecule has 0 spiro atoms. The van der Waals surface area contributed by atoms with E-state index < -0.39 is 0 Å². The number of Topliss-reactive ketones (excluding diaryl/α,β-unsaturated/α-hetero) is 1. The van der Waals surface area contributed by atoms with Crippen LogP contribution in [0.3, 0.4) is 0 Å². The molecule has 0 fully saturated rings. The largest absolute Gasteiger partial charge is 0.490 e. The van der Waals surface area contributed by atoms with Gasteiger partial charge in [0.25, 0.3) is 0 Å². The number of hydrogen-bond donors (Lipinski definition) is 0. The maximum atomic E-state index is 11.6. The topological polar surface area (TPSA) is 31.2 Å². The van der Waals surface area contributed by atoms with E-state index in [2.05, 4.69) is 0 Å². The second-order valence-electron chi connectivity index (χ2n) is 4.53. The monoisotopic (exact) mass is 231 g/mol. The van der Waals surface area contributed by atoms with E-state index in [-0.39, 0.29) is 11.9 Å². The van der Waals surface area contributed by atoms with E-state index in [0.29, 0.717) is 0 Å². The van der Waals surface area contributed by atoms with Crippen LogP contribution in [0.25, 0.3) is 10.9 Å². The summed E-state index contributed by atoms with van der Waals surface area (Å²) in [4.78, 5) is 11.6. The molecule has 90 valence electrons. The summed E-state index contributed by atoms with van der Waals surface area (Å²) in [6.45, 7) is 5.55. The van der Waals surface area contributed by atoms with E-state index in [0.717, 1.165) is 22.2 Å². The fourth-order valence-corrected chi connectivity index (χ4v) is 2.03. The van der Waals surface area contributed by atoms with E-state index in [1.54, 1.807) is 6.92 Å². The number of aryl methyl sites for hydroxylation is 1. The van der Waals surface area contributed by atoms with Crippen LogP contribution in [0.4, 0.5) is 0 Å². The standard InChI is InChI=1S/C14H17NO2/c1-9(2)17-13-7-5-6-12-14(13)11(10(3)16)8-15(12)4/h5-9H,1-4H3. The number of benzene rings is 1. The summed E-state index contributed by atoms with van der Waals surface area (Å²) < 4.78 is 7.72. The third kappa shape index (κ3) is 2.05. The van der Waals surface area contributed by atoms with Gasteiger partial charge in [0.2, 0.25) is 0 Å². The first-order valence-electron chi connectivity index (χ1n) is 5.76. The summed E-state index contributed by atoms with van der Waals surface area (Å²) in [7, 11) is 1.94. The molecule has 0 N–H and O–H groups in total. The van der Waals surface area contributed by atoms with Gasteiger partial charge in [-0.25, -0.2) is 0 Å². The van der Waals surface area contributed by atoms with Crippen molar-refractivity contribution in [2.75, 3.05) is 0 Å². The van der Waals surface area contributed by atoms with Crippen molar-refractivity contribution in [2.24, 2.45) is 7.05 Å². The van der Waals surface area contributed by atoms with Crippen LogP contribution < -0.4 is 4.74 Å². The molecule has 0 unspecified atom stereocenters. The Morgan fingerprint density at radius 1 is 1.35 bits per heavy atom. The van der Waals surface area contributed by atoms with Crippen LogP contribution in [0.5, 0.6) is 5.75 Å². The first kappa shape index (κ1) is 11.7. The van der Waals surface area contributed by atoms with Gasteiger partial charge >= 0.3 is 0 Å². The maximum Gasteiger partial charge on any atom is 0.162 e. The zero-order valence-electron chi connectivity index (χ0n) is 10.7. The molecule has 1 aromatic carbocycles. The average Bonchev–Trinajstić information content (AvgIpc) is 2.57. The highest BCUT2D eigenvalue weighted by Crippen LogP contribution is 2.31. The normalized spacial score (nSPS) is 11.1. The molecule has 17 heavy (non-hydrogen) atoms. The lowest BCUT2D eigenvalue weighted by Gasteiger charge is -2.11. The lowest BCUT2D eigenvalue weighted by atomic mass is 10.1. The number of fused-ring (bicyclic) bond motifs is 1. The molecule has 0 aliphatic rings. The van der Waals surface area contributed by atoms with Gasteiger partial charge in [-0.15, -0.1) is 0 Å². The van der Waals surface area contributed by atoms with Crippen molar-refractivity contribution in [3.8, 4) is 5.75 Å². The molecule has 0 atom stereocenters. The summed E-state index contributed by atoms with van der Waals surface area (Å²) >= 11 is 0. The number of aromatic nitrogens is 1. The Morgan fingerprint density at radius 2 is 2.06 bits per heavy atom. The van der Waals surface area contributed by atoms with E-state index in [4.69, 9.17) is 4.74 Å². The second kappa shape index (κ2) is 4.24. The van der Waals surface area contributed by atoms with Gasteiger partial charge in [0.15, 0.2) is 5.78 Å². The summed E-state index contributed by atoms with van der Waals surface area (Å²) in [5.41, 5.74) is 1.74. The second-order valence-corrected chi connectivity index (χ2v) is 4.53. The molecule has 0 aliphatic heterocycles. The molecule has 0 saturated heterocycles. The van der Waals surface area contributed by atoms with Gasteiger partial charge < -0.3 is 9.30 Å². The number of ether oxygens (including phenoxy) is 1. The molecular formula is C14H17NO2. The smallest absolute Gasteiger partial charge is 0.162 e. The van der Waals surface area contributed by atoms with Crippen molar-refractivity contribution in [2.45, 2.75) is 26.9 Å². The minimum atomic E-state index is 0.0652. The minimum absolute atomic E-state index is 0.0652. The summed E-state index contributed by atoms with van der Waals surface area (Å²) in [5.74, 6) is 0.846. The molecule has 2 rings (SSSR count). The van der Waals surface area contributed by atoms with Gasteiger partial charge in [-0.1, -0.05) is 6.07 Å². The minimum Gasteiger partial charge on any atom is -0.490 e. The van der Waals surface area contributed by atoms with Crippen LogP contribution in [-0.2, 0) is 7.05 Å². The van der Waals surface area contributed by atoms with Crippen LogP contribution >= 0.6 is 0 Å². The van der Waals surface area contributed by atoms with Gasteiger partial charge in [-0.2, -0.15) is 0 Å². The zero-order chi connectivity index (χ0) is 12.6. The van der Waals surface area contributed by atoms with Crippen LogP contribution in [0.2, 0.25) is 0 Å². The molecule has 2 aromatic rings. The Kier molecular flexibility index (Phi) is 2.92. The van der Waals surface area contributed by atoms with Crippen LogP contribution in [0.1, 0.15) is 31.1 Å². The van der Waals surface area contributed by atoms with E-state index in [1.165, 1.54) is 0 Å². The average molecular weight is 231 g/mol. The fraction of sp³-hybridized carbons (Fsp3) is 0.357. The number of rotatable bonds is 3. The highest BCUT2D eigenvalue weighted by Gasteiger charge is 2.15. The van der Waals surface area contributed by atoms with Gasteiger partial charge in [-0.3, -0.25) is 4.79 Å². The number of nitrogens with zero attached hydrogens (tertiary/aromatic N) is 1. The van der Waals surface area contributed by atoms with Crippen molar-refractivity contribution in [3.05, 3.63) is 30.0 Å². The zero-order valence-corrected chi connectivity index (χ0v) is 10.7. The first-order chi connectivity index (χ1) is 8.00. The SMILES string of the molecule is CC(=O)c1cn(C)c2cccc(OC(C)C)c12. The summed E-state index contributed by atoms with van der Waals surface area (Å²) in [6.07, 6.45) is 1.96. The highest BCUT2D eigenvalue weighted by molar-refractivity contribution is 6.09. The first-order valence-corrected chi connectivity index (χ1v) is 5.76. The summed E-state index contributed by atoms with van der Waals surface area (Å²) in [6, 6.07) is 5.85. The van der Waals surface area contributed by atoms with Crippen molar-refractivity contribution >= 4 is 16.7 Å². The van der Waals surface area contributed by atoms with Crippen molar-refractivity contribution in [3.63, 3.8) is 0 Å². The molecular weight excluding hydrogens is 214 g/mol.